The minimum Gasteiger partial charge on any atom is -0.394 e. The lowest BCUT2D eigenvalue weighted by molar-refractivity contribution is -0.124. The Hall–Kier alpha value is -1.43. The van der Waals surface area contributed by atoms with Gasteiger partial charge in [0.05, 0.1) is 31.3 Å². The molecule has 0 heterocycles. The van der Waals surface area contributed by atoms with Gasteiger partial charge in [-0.1, -0.05) is 192 Å². The van der Waals surface area contributed by atoms with Gasteiger partial charge in [0.15, 0.2) is 0 Å². The van der Waals surface area contributed by atoms with Gasteiger partial charge in [0.2, 0.25) is 5.91 Å². The van der Waals surface area contributed by atoms with Gasteiger partial charge >= 0.3 is 0 Å². The minimum atomic E-state index is -0.929. The van der Waals surface area contributed by atoms with Crippen LogP contribution in [0.25, 0.3) is 0 Å². The standard InChI is InChI=1S/C43H81NO4/c1-3-5-7-9-11-13-15-17-19-21-22-24-26-28-30-32-34-36-40(46)38-43(48)44-41(39-45)42(47)37-35-33-31-29-27-25-23-20-18-16-14-12-10-8-6-4-2/h11,13,15,17,35,37,40-42,45-47H,3-10,12,14,16,18-34,36,38-39H2,1-2H3,(H,44,48)/b13-11-,17-15-,37-35+. The van der Waals surface area contributed by atoms with Crippen molar-refractivity contribution in [2.75, 3.05) is 6.61 Å². The van der Waals surface area contributed by atoms with E-state index >= 15 is 0 Å². The maximum absolute atomic E-state index is 12.4. The van der Waals surface area contributed by atoms with E-state index in [1.807, 2.05) is 6.08 Å². The van der Waals surface area contributed by atoms with E-state index < -0.39 is 18.2 Å². The van der Waals surface area contributed by atoms with Crippen LogP contribution in [0.5, 0.6) is 0 Å². The van der Waals surface area contributed by atoms with Gasteiger partial charge < -0.3 is 20.6 Å². The van der Waals surface area contributed by atoms with Gasteiger partial charge in [-0.25, -0.2) is 0 Å². The predicted molar refractivity (Wildman–Crippen MR) is 208 cm³/mol. The first-order chi connectivity index (χ1) is 23.5. The van der Waals surface area contributed by atoms with E-state index in [1.165, 1.54) is 154 Å². The van der Waals surface area contributed by atoms with Gasteiger partial charge in [0.25, 0.3) is 0 Å². The Morgan fingerprint density at radius 1 is 0.542 bits per heavy atom. The first-order valence-corrected chi connectivity index (χ1v) is 20.8. The lowest BCUT2D eigenvalue weighted by Gasteiger charge is -2.21. The van der Waals surface area contributed by atoms with Crippen LogP contribution in [-0.2, 0) is 4.79 Å². The first-order valence-electron chi connectivity index (χ1n) is 20.8. The van der Waals surface area contributed by atoms with Crippen LogP contribution in [-0.4, -0.2) is 46.1 Å². The maximum Gasteiger partial charge on any atom is 0.222 e. The molecule has 0 rings (SSSR count). The van der Waals surface area contributed by atoms with Crippen LogP contribution in [0.2, 0.25) is 0 Å². The molecule has 0 aliphatic heterocycles. The molecule has 282 valence electrons. The van der Waals surface area contributed by atoms with Crippen molar-refractivity contribution < 1.29 is 20.1 Å². The molecule has 0 aromatic rings. The van der Waals surface area contributed by atoms with Gasteiger partial charge in [0.1, 0.15) is 0 Å². The topological polar surface area (TPSA) is 89.8 Å². The Morgan fingerprint density at radius 3 is 1.38 bits per heavy atom. The van der Waals surface area contributed by atoms with Crippen LogP contribution in [0, 0.1) is 0 Å². The summed E-state index contributed by atoms with van der Waals surface area (Å²) < 4.78 is 0. The van der Waals surface area contributed by atoms with E-state index in [1.54, 1.807) is 6.08 Å². The fraction of sp³-hybridized carbons (Fsp3) is 0.837. The summed E-state index contributed by atoms with van der Waals surface area (Å²) in [6.45, 7) is 4.18. The van der Waals surface area contributed by atoms with Gasteiger partial charge in [-0.2, -0.15) is 0 Å². The number of aliphatic hydroxyl groups excluding tert-OH is 3. The molecule has 3 atom stereocenters. The normalized spacial score (nSPS) is 14.0. The van der Waals surface area contributed by atoms with Crippen LogP contribution in [0.4, 0.5) is 0 Å². The molecular weight excluding hydrogens is 594 g/mol. The van der Waals surface area contributed by atoms with E-state index in [0.29, 0.717) is 6.42 Å². The summed E-state index contributed by atoms with van der Waals surface area (Å²) in [4.78, 5) is 12.4. The van der Waals surface area contributed by atoms with Crippen LogP contribution in [0.15, 0.2) is 36.5 Å². The molecule has 0 aromatic heterocycles. The number of nitrogens with one attached hydrogen (secondary N) is 1. The van der Waals surface area contributed by atoms with E-state index in [0.717, 1.165) is 25.7 Å². The van der Waals surface area contributed by atoms with E-state index in [9.17, 15) is 20.1 Å². The molecule has 5 heteroatoms. The van der Waals surface area contributed by atoms with Crippen molar-refractivity contribution >= 4 is 5.91 Å². The molecule has 48 heavy (non-hydrogen) atoms. The number of carbonyl (C=O) groups is 1. The number of amides is 1. The van der Waals surface area contributed by atoms with Crippen LogP contribution in [0.3, 0.4) is 0 Å². The molecule has 0 saturated carbocycles. The second kappa shape index (κ2) is 38.4. The Labute approximate surface area is 298 Å². The largest absolute Gasteiger partial charge is 0.394 e. The average Bonchev–Trinajstić information content (AvgIpc) is 3.08. The maximum atomic E-state index is 12.4. The summed E-state index contributed by atoms with van der Waals surface area (Å²) in [5.74, 6) is -0.321. The summed E-state index contributed by atoms with van der Waals surface area (Å²) in [6, 6.07) is -0.745. The first kappa shape index (κ1) is 46.6. The van der Waals surface area contributed by atoms with Crippen molar-refractivity contribution in [1.29, 1.82) is 0 Å². The van der Waals surface area contributed by atoms with Crippen molar-refractivity contribution in [2.24, 2.45) is 0 Å². The number of unbranched alkanes of at least 4 members (excludes halogenated alkanes) is 25. The monoisotopic (exact) mass is 676 g/mol. The highest BCUT2D eigenvalue weighted by Gasteiger charge is 2.20. The molecular formula is C43H81NO4. The van der Waals surface area contributed by atoms with Crippen molar-refractivity contribution in [3.8, 4) is 0 Å². The Balaban J connectivity index is 3.71. The smallest absolute Gasteiger partial charge is 0.222 e. The Kier molecular flexibility index (Phi) is 37.2. The highest BCUT2D eigenvalue weighted by atomic mass is 16.3. The number of hydrogen-bond acceptors (Lipinski definition) is 4. The molecule has 0 fully saturated rings. The van der Waals surface area contributed by atoms with Crippen molar-refractivity contribution in [3.63, 3.8) is 0 Å². The highest BCUT2D eigenvalue weighted by molar-refractivity contribution is 5.76. The van der Waals surface area contributed by atoms with Gasteiger partial charge in [-0.3, -0.25) is 4.79 Å². The zero-order valence-electron chi connectivity index (χ0n) is 31.9. The second-order valence-electron chi connectivity index (χ2n) is 14.3. The summed E-state index contributed by atoms with van der Waals surface area (Å²) >= 11 is 0. The fourth-order valence-corrected chi connectivity index (χ4v) is 6.21. The van der Waals surface area contributed by atoms with Crippen molar-refractivity contribution in [2.45, 2.75) is 225 Å². The molecule has 0 aliphatic rings. The van der Waals surface area contributed by atoms with Crippen molar-refractivity contribution in [3.05, 3.63) is 36.5 Å². The molecule has 0 saturated heterocycles. The molecule has 0 aliphatic carbocycles. The number of aliphatic hydroxyl groups is 3. The Morgan fingerprint density at radius 2 is 0.917 bits per heavy atom. The summed E-state index contributed by atoms with van der Waals surface area (Å²) in [5, 5.41) is 33.2. The van der Waals surface area contributed by atoms with E-state index in [4.69, 9.17) is 0 Å². The summed E-state index contributed by atoms with van der Waals surface area (Å²) in [7, 11) is 0. The van der Waals surface area contributed by atoms with E-state index in [-0.39, 0.29) is 18.9 Å². The third-order valence-electron chi connectivity index (χ3n) is 9.45. The average molecular weight is 676 g/mol. The van der Waals surface area contributed by atoms with Crippen LogP contribution >= 0.6 is 0 Å². The molecule has 0 spiro atoms. The highest BCUT2D eigenvalue weighted by Crippen LogP contribution is 2.15. The predicted octanol–water partition coefficient (Wildman–Crippen LogP) is 11.6. The lowest BCUT2D eigenvalue weighted by atomic mass is 10.0. The molecule has 3 unspecified atom stereocenters. The minimum absolute atomic E-state index is 0.00900. The fourth-order valence-electron chi connectivity index (χ4n) is 6.21. The van der Waals surface area contributed by atoms with Gasteiger partial charge in [-0.15, -0.1) is 0 Å². The molecule has 4 N–H and O–H groups in total. The number of rotatable bonds is 37. The zero-order chi connectivity index (χ0) is 35.2. The van der Waals surface area contributed by atoms with Crippen LogP contribution in [0.1, 0.15) is 206 Å². The zero-order valence-corrected chi connectivity index (χ0v) is 31.9. The molecule has 1 amide bonds. The Bertz CT molecular complexity index is 749. The van der Waals surface area contributed by atoms with Gasteiger partial charge in [-0.05, 0) is 44.9 Å². The summed E-state index contributed by atoms with van der Waals surface area (Å²) in [6.07, 6.45) is 47.0. The van der Waals surface area contributed by atoms with Crippen molar-refractivity contribution in [1.82, 2.24) is 5.32 Å². The lowest BCUT2D eigenvalue weighted by Crippen LogP contribution is -2.45. The molecule has 5 nitrogen and oxygen atoms in total. The third kappa shape index (κ3) is 34.4. The third-order valence-corrected chi connectivity index (χ3v) is 9.45. The molecule has 0 aromatic carbocycles. The van der Waals surface area contributed by atoms with Gasteiger partial charge in [0, 0.05) is 0 Å². The molecule has 0 radical (unpaired) electrons. The molecule has 0 bridgehead atoms. The van der Waals surface area contributed by atoms with Crippen LogP contribution < -0.4 is 5.32 Å². The second-order valence-corrected chi connectivity index (χ2v) is 14.3. The number of hydrogen-bond donors (Lipinski definition) is 4. The quantitative estimate of drug-likeness (QED) is 0.0300. The number of carbonyl (C=O) groups excluding carboxylic acids is 1. The SMILES string of the molecule is CCCCC/C=C\C=C/CCCCCCCCCCC(O)CC(=O)NC(CO)C(O)/C=C/CCCCCCCCCCCCCCCC. The van der Waals surface area contributed by atoms with E-state index in [2.05, 4.69) is 43.5 Å². The number of allylic oxidation sites excluding steroid dienone is 5. The summed E-state index contributed by atoms with van der Waals surface area (Å²) in [5.41, 5.74) is 0.